The van der Waals surface area contributed by atoms with Crippen molar-refractivity contribution in [2.24, 2.45) is 0 Å². The zero-order valence-corrected chi connectivity index (χ0v) is 14.7. The van der Waals surface area contributed by atoms with E-state index in [1.54, 1.807) is 12.1 Å². The van der Waals surface area contributed by atoms with Crippen LogP contribution in [-0.2, 0) is 0 Å². The predicted octanol–water partition coefficient (Wildman–Crippen LogP) is 4.28. The lowest BCUT2D eigenvalue weighted by molar-refractivity contribution is -0.384. The molecule has 2 N–H and O–H groups in total. The van der Waals surface area contributed by atoms with Gasteiger partial charge in [-0.25, -0.2) is 4.98 Å². The molecule has 7 nitrogen and oxygen atoms in total. The number of nitrogens with one attached hydrogen (secondary N) is 2. The number of hydrogen-bond acceptors (Lipinski definition) is 6. The van der Waals surface area contributed by atoms with Crippen LogP contribution in [0, 0.1) is 14.9 Å². The zero-order valence-electron chi connectivity index (χ0n) is 13.1. The Labute approximate surface area is 155 Å². The van der Waals surface area contributed by atoms with E-state index in [1.807, 2.05) is 23.6 Å². The lowest BCUT2D eigenvalue weighted by Crippen LogP contribution is -2.10. The summed E-state index contributed by atoms with van der Waals surface area (Å²) in [5.74, 6) is 0. The molecule has 128 valence electrons. The minimum absolute atomic E-state index is 0.0149. The van der Waals surface area contributed by atoms with E-state index in [-0.39, 0.29) is 16.0 Å². The third kappa shape index (κ3) is 2.83. The molecule has 0 fully saturated rings. The zero-order chi connectivity index (χ0) is 18.3. The van der Waals surface area contributed by atoms with Crippen LogP contribution in [0.4, 0.5) is 5.69 Å². The molecule has 1 aromatic carbocycles. The molecule has 0 amide bonds. The van der Waals surface area contributed by atoms with Crippen molar-refractivity contribution in [1.82, 2.24) is 15.0 Å². The van der Waals surface area contributed by atoms with Crippen molar-refractivity contribution in [1.29, 1.82) is 0 Å². The summed E-state index contributed by atoms with van der Waals surface area (Å²) in [4.78, 5) is 33.9. The number of non-ortho nitro benzene ring substituents is 1. The lowest BCUT2D eigenvalue weighted by atomic mass is 10.0. The van der Waals surface area contributed by atoms with Gasteiger partial charge in [-0.2, -0.15) is 0 Å². The summed E-state index contributed by atoms with van der Waals surface area (Å²) >= 11 is 6.58. The summed E-state index contributed by atoms with van der Waals surface area (Å²) < 4.78 is 0.188. The molecule has 0 saturated heterocycles. The second kappa shape index (κ2) is 6.28. The number of hydrogen-bond donors (Lipinski definition) is 2. The van der Waals surface area contributed by atoms with Crippen LogP contribution in [0.1, 0.15) is 0 Å². The fourth-order valence-electron chi connectivity index (χ4n) is 2.71. The normalized spacial score (nSPS) is 10.9. The molecule has 0 radical (unpaired) electrons. The van der Waals surface area contributed by atoms with Crippen LogP contribution in [0.25, 0.3) is 32.7 Å². The van der Waals surface area contributed by atoms with Crippen LogP contribution in [0.5, 0.6) is 0 Å². The summed E-state index contributed by atoms with van der Waals surface area (Å²) in [5.41, 5.74) is 1.99. The van der Waals surface area contributed by atoms with Crippen molar-refractivity contribution in [2.75, 3.05) is 0 Å². The van der Waals surface area contributed by atoms with Gasteiger partial charge in [0.2, 0.25) is 0 Å². The maximum Gasteiger partial charge on any atom is 0.269 e. The standard InChI is InChI=1S/C17H10N4O3S2/c22-16-14-11(9-3-5-10(6-4-9)21(23)24)8-12(13-2-1-7-26-13)18-15(14)19-17(25)20-16/h1-8H,(H2,18,19,20,22,25). The van der Waals surface area contributed by atoms with Gasteiger partial charge in [-0.3, -0.25) is 19.9 Å². The van der Waals surface area contributed by atoms with Gasteiger partial charge >= 0.3 is 0 Å². The topological polar surface area (TPSA) is 105 Å². The van der Waals surface area contributed by atoms with Crippen LogP contribution >= 0.6 is 23.6 Å². The van der Waals surface area contributed by atoms with E-state index in [9.17, 15) is 14.9 Å². The van der Waals surface area contributed by atoms with Gasteiger partial charge in [-0.05, 0) is 47.4 Å². The third-order valence-corrected chi connectivity index (χ3v) is 4.96. The molecule has 3 heterocycles. The highest BCUT2D eigenvalue weighted by molar-refractivity contribution is 7.71. The van der Waals surface area contributed by atoms with E-state index >= 15 is 0 Å². The van der Waals surface area contributed by atoms with Gasteiger partial charge in [0, 0.05) is 17.7 Å². The number of H-pyrrole nitrogens is 2. The van der Waals surface area contributed by atoms with Gasteiger partial charge in [-0.1, -0.05) is 6.07 Å². The van der Waals surface area contributed by atoms with E-state index in [4.69, 9.17) is 12.2 Å². The van der Waals surface area contributed by atoms with Gasteiger partial charge < -0.3 is 4.98 Å². The summed E-state index contributed by atoms with van der Waals surface area (Å²) in [6, 6.07) is 11.7. The number of rotatable bonds is 3. The first kappa shape index (κ1) is 16.3. The predicted molar refractivity (Wildman–Crippen MR) is 103 cm³/mol. The van der Waals surface area contributed by atoms with Gasteiger partial charge in [0.1, 0.15) is 5.65 Å². The molecule has 26 heavy (non-hydrogen) atoms. The summed E-state index contributed by atoms with van der Waals surface area (Å²) in [6.45, 7) is 0. The minimum Gasteiger partial charge on any atom is -0.316 e. The molecule has 0 unspecified atom stereocenters. The largest absolute Gasteiger partial charge is 0.316 e. The monoisotopic (exact) mass is 382 g/mol. The van der Waals surface area contributed by atoms with E-state index in [2.05, 4.69) is 15.0 Å². The molecular weight excluding hydrogens is 372 g/mol. The number of fused-ring (bicyclic) bond motifs is 1. The third-order valence-electron chi connectivity index (χ3n) is 3.87. The van der Waals surface area contributed by atoms with Crippen LogP contribution in [-0.4, -0.2) is 19.9 Å². The van der Waals surface area contributed by atoms with Crippen molar-refractivity contribution in [3.05, 3.63) is 73.1 Å². The van der Waals surface area contributed by atoms with E-state index in [0.717, 1.165) is 4.88 Å². The Morgan fingerprint density at radius 1 is 1.15 bits per heavy atom. The van der Waals surface area contributed by atoms with Gasteiger partial charge in [0.15, 0.2) is 4.77 Å². The van der Waals surface area contributed by atoms with Crippen molar-refractivity contribution in [3.8, 4) is 21.7 Å². The second-order valence-electron chi connectivity index (χ2n) is 5.47. The van der Waals surface area contributed by atoms with Crippen molar-refractivity contribution < 1.29 is 4.92 Å². The summed E-state index contributed by atoms with van der Waals surface area (Å²) in [7, 11) is 0. The Morgan fingerprint density at radius 2 is 1.92 bits per heavy atom. The molecule has 0 atom stereocenters. The lowest BCUT2D eigenvalue weighted by Gasteiger charge is -2.08. The molecule has 9 heteroatoms. The molecule has 3 aromatic heterocycles. The van der Waals surface area contributed by atoms with Gasteiger partial charge in [-0.15, -0.1) is 11.3 Å². The highest BCUT2D eigenvalue weighted by atomic mass is 32.1. The smallest absolute Gasteiger partial charge is 0.269 e. The number of aromatic amines is 2. The van der Waals surface area contributed by atoms with Crippen molar-refractivity contribution in [3.63, 3.8) is 0 Å². The average Bonchev–Trinajstić information content (AvgIpc) is 3.15. The SMILES string of the molecule is O=c1[nH]c(=S)[nH]c2nc(-c3cccs3)cc(-c3ccc([N+](=O)[O-])cc3)c12. The Hall–Kier alpha value is -3.17. The minimum atomic E-state index is -0.463. The Morgan fingerprint density at radius 3 is 2.58 bits per heavy atom. The molecule has 4 aromatic rings. The Bertz CT molecular complexity index is 1240. The maximum absolute atomic E-state index is 12.5. The molecule has 0 saturated carbocycles. The number of pyridine rings is 1. The van der Waals surface area contributed by atoms with Crippen LogP contribution in [0.3, 0.4) is 0 Å². The highest BCUT2D eigenvalue weighted by Crippen LogP contribution is 2.32. The van der Waals surface area contributed by atoms with Crippen LogP contribution in [0.15, 0.2) is 52.6 Å². The highest BCUT2D eigenvalue weighted by Gasteiger charge is 2.15. The maximum atomic E-state index is 12.5. The van der Waals surface area contributed by atoms with Crippen LogP contribution in [0.2, 0.25) is 0 Å². The number of thiophene rings is 1. The summed E-state index contributed by atoms with van der Waals surface area (Å²) in [5, 5.41) is 13.2. The van der Waals surface area contributed by atoms with E-state index < -0.39 is 4.92 Å². The molecule has 0 aliphatic carbocycles. The van der Waals surface area contributed by atoms with E-state index in [1.165, 1.54) is 23.5 Å². The molecule has 4 rings (SSSR count). The second-order valence-corrected chi connectivity index (χ2v) is 6.82. The quantitative estimate of drug-likeness (QED) is 0.312. The molecule has 0 bridgehead atoms. The average molecular weight is 382 g/mol. The Kier molecular flexibility index (Phi) is 3.94. The first-order valence-electron chi connectivity index (χ1n) is 7.49. The van der Waals surface area contributed by atoms with Crippen LogP contribution < -0.4 is 5.56 Å². The fourth-order valence-corrected chi connectivity index (χ4v) is 3.59. The molecule has 0 aliphatic heterocycles. The molecule has 0 aliphatic rings. The van der Waals surface area contributed by atoms with Crippen molar-refractivity contribution >= 4 is 40.3 Å². The molecule has 0 spiro atoms. The number of nitro groups is 1. The first-order chi connectivity index (χ1) is 12.5. The number of nitro benzene ring substituents is 1. The van der Waals surface area contributed by atoms with E-state index in [0.29, 0.717) is 27.9 Å². The molecular formula is C17H10N4O3S2. The first-order valence-corrected chi connectivity index (χ1v) is 8.78. The van der Waals surface area contributed by atoms with Gasteiger partial charge in [0.25, 0.3) is 11.2 Å². The van der Waals surface area contributed by atoms with Crippen molar-refractivity contribution in [2.45, 2.75) is 0 Å². The fraction of sp³-hybridized carbons (Fsp3) is 0. The van der Waals surface area contributed by atoms with Gasteiger partial charge in [0.05, 0.1) is 20.9 Å². The Balaban J connectivity index is 2.04. The number of nitrogens with zero attached hydrogens (tertiary/aromatic N) is 2. The number of benzene rings is 1. The number of aromatic nitrogens is 3. The summed E-state index contributed by atoms with van der Waals surface area (Å²) in [6.07, 6.45) is 0.